The van der Waals surface area contributed by atoms with Crippen LogP contribution in [0, 0.1) is 19.8 Å². The summed E-state index contributed by atoms with van der Waals surface area (Å²) in [6, 6.07) is 0. The summed E-state index contributed by atoms with van der Waals surface area (Å²) >= 11 is 0. The zero-order valence-corrected chi connectivity index (χ0v) is 13.3. The molecular weight excluding hydrogens is 268 g/mol. The first-order valence-electron chi connectivity index (χ1n) is 7.15. The quantitative estimate of drug-likeness (QED) is 0.817. The van der Waals surface area contributed by atoms with Crippen molar-refractivity contribution in [3.63, 3.8) is 0 Å². The summed E-state index contributed by atoms with van der Waals surface area (Å²) in [6.45, 7) is 9.03. The van der Waals surface area contributed by atoms with E-state index in [1.54, 1.807) is 19.1 Å². The van der Waals surface area contributed by atoms with Gasteiger partial charge in [-0.25, -0.2) is 4.79 Å². The fraction of sp³-hybridized carbons (Fsp3) is 0.471. The number of aliphatic hydroxyl groups is 1. The van der Waals surface area contributed by atoms with Gasteiger partial charge in [0.2, 0.25) is 0 Å². The lowest BCUT2D eigenvalue weighted by Gasteiger charge is -2.13. The van der Waals surface area contributed by atoms with Crippen LogP contribution in [0.4, 0.5) is 0 Å². The van der Waals surface area contributed by atoms with Crippen LogP contribution in [-0.4, -0.2) is 16.3 Å². The number of aromatic hydroxyl groups is 1. The first kappa shape index (κ1) is 17.2. The topological polar surface area (TPSA) is 70.7 Å². The largest absolute Gasteiger partial charge is 0.507 e. The summed E-state index contributed by atoms with van der Waals surface area (Å²) in [5, 5.41) is 19.6. The van der Waals surface area contributed by atoms with Crippen LogP contribution in [0.2, 0.25) is 0 Å². The zero-order chi connectivity index (χ0) is 16.2. The molecule has 21 heavy (non-hydrogen) atoms. The van der Waals surface area contributed by atoms with Gasteiger partial charge in [0.1, 0.15) is 11.5 Å². The molecule has 0 fully saturated rings. The highest BCUT2D eigenvalue weighted by Gasteiger charge is 2.11. The molecule has 0 aliphatic heterocycles. The molecule has 116 valence electrons. The van der Waals surface area contributed by atoms with Crippen LogP contribution < -0.4 is 5.63 Å². The van der Waals surface area contributed by atoms with Crippen molar-refractivity contribution in [1.29, 1.82) is 0 Å². The molecule has 2 unspecified atom stereocenters. The van der Waals surface area contributed by atoms with Gasteiger partial charge in [0.25, 0.3) is 0 Å². The zero-order valence-electron chi connectivity index (χ0n) is 13.3. The van der Waals surface area contributed by atoms with Gasteiger partial charge in [0.05, 0.1) is 11.7 Å². The van der Waals surface area contributed by atoms with Crippen LogP contribution >= 0.6 is 0 Å². The average molecular weight is 292 g/mol. The number of hydrogen-bond acceptors (Lipinski definition) is 4. The normalized spacial score (nSPS) is 15.4. The predicted octanol–water partition coefficient (Wildman–Crippen LogP) is 3.33. The molecule has 0 bridgehead atoms. The molecule has 0 saturated carbocycles. The Morgan fingerprint density at radius 2 is 1.95 bits per heavy atom. The van der Waals surface area contributed by atoms with Crippen molar-refractivity contribution in [2.75, 3.05) is 0 Å². The van der Waals surface area contributed by atoms with Gasteiger partial charge in [-0.2, -0.15) is 0 Å². The van der Waals surface area contributed by atoms with E-state index in [4.69, 9.17) is 4.42 Å². The Bertz CT molecular complexity index is 608. The number of allylic oxidation sites excluding steroid dienone is 2. The lowest BCUT2D eigenvalue weighted by Crippen LogP contribution is -2.14. The molecule has 0 spiro atoms. The summed E-state index contributed by atoms with van der Waals surface area (Å²) in [5.41, 5.74) is 1.18. The van der Waals surface area contributed by atoms with Crippen LogP contribution in [0.5, 0.6) is 5.75 Å². The molecule has 0 aliphatic carbocycles. The van der Waals surface area contributed by atoms with E-state index in [0.29, 0.717) is 17.7 Å². The Morgan fingerprint density at radius 3 is 2.52 bits per heavy atom. The molecule has 4 heteroatoms. The van der Waals surface area contributed by atoms with E-state index in [2.05, 4.69) is 0 Å². The number of hydrogen-bond donors (Lipinski definition) is 2. The van der Waals surface area contributed by atoms with E-state index in [9.17, 15) is 15.0 Å². The minimum absolute atomic E-state index is 0.0256. The smallest absolute Gasteiger partial charge is 0.342 e. The highest BCUT2D eigenvalue weighted by molar-refractivity contribution is 5.55. The highest BCUT2D eigenvalue weighted by atomic mass is 16.4. The van der Waals surface area contributed by atoms with E-state index in [0.717, 1.165) is 5.57 Å². The molecule has 2 atom stereocenters. The minimum Gasteiger partial charge on any atom is -0.507 e. The van der Waals surface area contributed by atoms with Crippen LogP contribution in [-0.2, 0) is 0 Å². The molecule has 4 nitrogen and oxygen atoms in total. The third-order valence-corrected chi connectivity index (χ3v) is 3.64. The molecule has 0 aliphatic rings. The maximum absolute atomic E-state index is 11.6. The van der Waals surface area contributed by atoms with Gasteiger partial charge in [-0.3, -0.25) is 0 Å². The van der Waals surface area contributed by atoms with Crippen molar-refractivity contribution >= 4 is 6.08 Å². The van der Waals surface area contributed by atoms with Gasteiger partial charge in [0.15, 0.2) is 0 Å². The lowest BCUT2D eigenvalue weighted by atomic mass is 9.99. The van der Waals surface area contributed by atoms with Gasteiger partial charge in [0, 0.05) is 11.5 Å². The van der Waals surface area contributed by atoms with Crippen LogP contribution in [0.1, 0.15) is 44.1 Å². The summed E-state index contributed by atoms with van der Waals surface area (Å²) in [7, 11) is 0. The third-order valence-electron chi connectivity index (χ3n) is 3.64. The van der Waals surface area contributed by atoms with Crippen molar-refractivity contribution in [1.82, 2.24) is 0 Å². The molecule has 1 aromatic heterocycles. The molecule has 1 heterocycles. The Labute approximate surface area is 125 Å². The average Bonchev–Trinajstić information content (AvgIpc) is 2.46. The molecular formula is C17H24O4. The fourth-order valence-electron chi connectivity index (χ4n) is 2.07. The molecule has 0 radical (unpaired) electrons. The van der Waals surface area contributed by atoms with Gasteiger partial charge in [-0.15, -0.1) is 0 Å². The SMILES string of the molecule is CCC(O)C(C)/C=C(C)\C=C\c1oc(=O)c(C)c(O)c1C. The summed E-state index contributed by atoms with van der Waals surface area (Å²) in [6.07, 6.45) is 5.77. The van der Waals surface area contributed by atoms with E-state index in [1.165, 1.54) is 6.92 Å². The van der Waals surface area contributed by atoms with Crippen LogP contribution in [0.3, 0.4) is 0 Å². The molecule has 0 amide bonds. The van der Waals surface area contributed by atoms with Crippen molar-refractivity contribution < 1.29 is 14.6 Å². The fourth-order valence-corrected chi connectivity index (χ4v) is 2.07. The Balaban J connectivity index is 3.01. The lowest BCUT2D eigenvalue weighted by molar-refractivity contribution is 0.133. The van der Waals surface area contributed by atoms with E-state index in [-0.39, 0.29) is 23.3 Å². The van der Waals surface area contributed by atoms with Crippen LogP contribution in [0.15, 0.2) is 26.9 Å². The second-order valence-corrected chi connectivity index (χ2v) is 5.43. The Hall–Kier alpha value is -1.81. The Kier molecular flexibility index (Phi) is 5.97. The van der Waals surface area contributed by atoms with Crippen molar-refractivity contribution in [2.24, 2.45) is 5.92 Å². The van der Waals surface area contributed by atoms with Gasteiger partial charge >= 0.3 is 5.63 Å². The molecule has 0 saturated heterocycles. The maximum atomic E-state index is 11.6. The first-order chi connectivity index (χ1) is 9.77. The van der Waals surface area contributed by atoms with E-state index < -0.39 is 5.63 Å². The maximum Gasteiger partial charge on any atom is 0.342 e. The van der Waals surface area contributed by atoms with Gasteiger partial charge in [-0.1, -0.05) is 31.6 Å². The van der Waals surface area contributed by atoms with Crippen molar-refractivity contribution in [3.8, 4) is 5.75 Å². The van der Waals surface area contributed by atoms with Crippen molar-refractivity contribution in [2.45, 2.75) is 47.1 Å². The summed E-state index contributed by atoms with van der Waals surface area (Å²) < 4.78 is 5.16. The van der Waals surface area contributed by atoms with E-state index in [1.807, 2.05) is 26.8 Å². The second kappa shape index (κ2) is 7.27. The first-order valence-corrected chi connectivity index (χ1v) is 7.15. The monoisotopic (exact) mass is 292 g/mol. The standard InChI is InChI=1S/C17H24O4/c1-6-14(18)11(3)9-10(2)7-8-15-12(4)16(19)13(5)17(20)21-15/h7-9,11,14,18-19H,6H2,1-5H3/b8-7+,10-9-. The number of aliphatic hydroxyl groups excluding tert-OH is 1. The predicted molar refractivity (Wildman–Crippen MR) is 84.4 cm³/mol. The molecule has 0 aromatic carbocycles. The van der Waals surface area contributed by atoms with Crippen molar-refractivity contribution in [3.05, 3.63) is 45.0 Å². The summed E-state index contributed by atoms with van der Waals surface area (Å²) in [4.78, 5) is 11.6. The number of rotatable bonds is 5. The van der Waals surface area contributed by atoms with Gasteiger partial charge < -0.3 is 14.6 Å². The molecule has 1 rings (SSSR count). The Morgan fingerprint density at radius 1 is 1.33 bits per heavy atom. The highest BCUT2D eigenvalue weighted by Crippen LogP contribution is 2.23. The second-order valence-electron chi connectivity index (χ2n) is 5.43. The third kappa shape index (κ3) is 4.33. The minimum atomic E-state index is -0.533. The molecule has 2 N–H and O–H groups in total. The molecule has 1 aromatic rings. The van der Waals surface area contributed by atoms with E-state index >= 15 is 0 Å². The van der Waals surface area contributed by atoms with Crippen LogP contribution in [0.25, 0.3) is 6.08 Å². The summed E-state index contributed by atoms with van der Waals surface area (Å²) in [5.74, 6) is 0.376. The van der Waals surface area contributed by atoms with Gasteiger partial charge in [-0.05, 0) is 33.3 Å².